The molecule has 49 heavy (non-hydrogen) atoms. The molecule has 0 aromatic heterocycles. The summed E-state index contributed by atoms with van der Waals surface area (Å²) in [7, 11) is 0. The van der Waals surface area contributed by atoms with Gasteiger partial charge >= 0.3 is 0 Å². The molecule has 0 N–H and O–H groups in total. The Morgan fingerprint density at radius 3 is 0.449 bits per heavy atom. The third-order valence-electron chi connectivity index (χ3n) is 11.7. The van der Waals surface area contributed by atoms with Crippen LogP contribution in [-0.4, -0.2) is 30.7 Å². The van der Waals surface area contributed by atoms with Crippen LogP contribution in [-0.2, 0) is 0 Å². The van der Waals surface area contributed by atoms with Crippen molar-refractivity contribution in [1.29, 1.82) is 0 Å². The molecule has 0 amide bonds. The molecule has 0 atom stereocenters. The third-order valence-corrected chi connectivity index (χ3v) is 11.7. The maximum Gasteiger partial charge on any atom is 0.0786 e. The minimum atomic E-state index is 0. The Kier molecular flexibility index (Phi) is 46.9. The molecular weight excluding hydrogens is 658 g/mol. The second-order valence-corrected chi connectivity index (χ2v) is 16.6. The Morgan fingerprint density at radius 1 is 0.184 bits per heavy atom. The van der Waals surface area contributed by atoms with Gasteiger partial charge in [-0.1, -0.05) is 227 Å². The first kappa shape index (κ1) is 51.5. The van der Waals surface area contributed by atoms with Gasteiger partial charge in [-0.05, 0) is 51.4 Å². The number of halogens is 1. The molecule has 0 unspecified atom stereocenters. The van der Waals surface area contributed by atoms with Gasteiger partial charge in [-0.15, -0.1) is 0 Å². The van der Waals surface area contributed by atoms with Gasteiger partial charge in [0.25, 0.3) is 0 Å². The van der Waals surface area contributed by atoms with Gasteiger partial charge < -0.3 is 21.5 Å². The normalized spacial score (nSPS) is 11.8. The fourth-order valence-corrected chi connectivity index (χ4v) is 8.23. The fraction of sp³-hybridized carbons (Fsp3) is 1.00. The van der Waals surface area contributed by atoms with E-state index in [1.807, 2.05) is 0 Å². The van der Waals surface area contributed by atoms with E-state index < -0.39 is 0 Å². The molecule has 0 fully saturated rings. The van der Waals surface area contributed by atoms with Crippen molar-refractivity contribution in [2.75, 3.05) is 26.2 Å². The van der Waals surface area contributed by atoms with Crippen LogP contribution < -0.4 is 17.0 Å². The van der Waals surface area contributed by atoms with Crippen molar-refractivity contribution in [3.63, 3.8) is 0 Å². The van der Waals surface area contributed by atoms with E-state index in [2.05, 4.69) is 27.7 Å². The van der Waals surface area contributed by atoms with Crippen molar-refractivity contribution in [2.45, 2.75) is 278 Å². The first-order valence-electron chi connectivity index (χ1n) is 23.6. The van der Waals surface area contributed by atoms with Crippen LogP contribution in [0.1, 0.15) is 278 Å². The van der Waals surface area contributed by atoms with Gasteiger partial charge in [-0.2, -0.15) is 0 Å². The summed E-state index contributed by atoms with van der Waals surface area (Å²) >= 11 is 0. The molecule has 0 bridgehead atoms. The summed E-state index contributed by atoms with van der Waals surface area (Å²) in [6, 6.07) is 0. The van der Waals surface area contributed by atoms with Crippen molar-refractivity contribution >= 4 is 0 Å². The van der Waals surface area contributed by atoms with Gasteiger partial charge in [0.15, 0.2) is 0 Å². The molecule has 0 aliphatic heterocycles. The largest absolute Gasteiger partial charge is 1.00 e. The van der Waals surface area contributed by atoms with Gasteiger partial charge in [0.05, 0.1) is 26.2 Å². The van der Waals surface area contributed by atoms with E-state index in [0.29, 0.717) is 0 Å². The van der Waals surface area contributed by atoms with Crippen LogP contribution in [0.5, 0.6) is 0 Å². The summed E-state index contributed by atoms with van der Waals surface area (Å²) in [6.45, 7) is 15.3. The maximum absolute atomic E-state index is 2.34. The monoisotopic (exact) mass is 756 g/mol. The molecule has 1 nitrogen and oxygen atoms in total. The van der Waals surface area contributed by atoms with E-state index in [4.69, 9.17) is 0 Å². The molecule has 2 heteroatoms. The van der Waals surface area contributed by atoms with Gasteiger partial charge in [-0.3, -0.25) is 0 Å². The SMILES string of the molecule is CCCCCCCCCCCC[N+](CCCCCCCCCCC)(CCCCCCCCCCCC)CCCCCCCCCCCC.[Br-]. The topological polar surface area (TPSA) is 0 Å². The molecule has 0 aromatic rings. The Labute approximate surface area is 324 Å². The van der Waals surface area contributed by atoms with E-state index in [1.165, 1.54) is 281 Å². The van der Waals surface area contributed by atoms with Gasteiger partial charge in [0, 0.05) is 0 Å². The Morgan fingerprint density at radius 2 is 0.306 bits per heavy atom. The van der Waals surface area contributed by atoms with Crippen LogP contribution in [0, 0.1) is 0 Å². The fourth-order valence-electron chi connectivity index (χ4n) is 8.23. The number of quaternary nitrogens is 1. The number of unbranched alkanes of at least 4 members (excludes halogenated alkanes) is 35. The zero-order valence-corrected chi connectivity index (χ0v) is 36.8. The van der Waals surface area contributed by atoms with Gasteiger partial charge in [-0.25, -0.2) is 0 Å². The second-order valence-electron chi connectivity index (χ2n) is 16.6. The highest BCUT2D eigenvalue weighted by Gasteiger charge is 2.25. The first-order chi connectivity index (χ1) is 23.7. The third kappa shape index (κ3) is 39.5. The predicted molar refractivity (Wildman–Crippen MR) is 222 cm³/mol. The lowest BCUT2D eigenvalue weighted by molar-refractivity contribution is -0.929. The van der Waals surface area contributed by atoms with Crippen molar-refractivity contribution in [3.05, 3.63) is 0 Å². The summed E-state index contributed by atoms with van der Waals surface area (Å²) in [5.41, 5.74) is 0. The first-order valence-corrected chi connectivity index (χ1v) is 23.6. The van der Waals surface area contributed by atoms with Gasteiger partial charge in [0.2, 0.25) is 0 Å². The molecule has 0 heterocycles. The lowest BCUT2D eigenvalue weighted by Crippen LogP contribution is -3.00. The van der Waals surface area contributed by atoms with Crippen LogP contribution in [0.15, 0.2) is 0 Å². The van der Waals surface area contributed by atoms with Crippen LogP contribution in [0.4, 0.5) is 0 Å². The second kappa shape index (κ2) is 44.6. The van der Waals surface area contributed by atoms with E-state index in [1.54, 1.807) is 0 Å². The Hall–Kier alpha value is 0.440. The van der Waals surface area contributed by atoms with E-state index in [9.17, 15) is 0 Å². The van der Waals surface area contributed by atoms with Crippen LogP contribution in [0.2, 0.25) is 0 Å². The summed E-state index contributed by atoms with van der Waals surface area (Å²) in [5.74, 6) is 0. The van der Waals surface area contributed by atoms with Crippen molar-refractivity contribution in [2.24, 2.45) is 0 Å². The number of hydrogen-bond donors (Lipinski definition) is 0. The molecular formula is C47H98BrN. The standard InChI is InChI=1S/C47H98N.BrH/c1-5-9-13-17-21-25-29-33-37-41-45-48(44-40-36-32-28-24-20-16-12-8-4,46-42-38-34-30-26-22-18-14-10-6-2)47-43-39-35-31-27-23-19-15-11-7-3;/h5-47H2,1-4H3;1H/q+1;/p-1. The number of rotatable bonds is 43. The molecule has 0 saturated carbocycles. The molecule has 0 spiro atoms. The van der Waals surface area contributed by atoms with E-state index in [-0.39, 0.29) is 17.0 Å². The predicted octanol–water partition coefficient (Wildman–Crippen LogP) is 14.1. The summed E-state index contributed by atoms with van der Waals surface area (Å²) in [6.07, 6.45) is 57.2. The highest BCUT2D eigenvalue weighted by molar-refractivity contribution is 4.56. The molecule has 0 saturated heterocycles. The average molecular weight is 757 g/mol. The maximum atomic E-state index is 2.34. The quantitative estimate of drug-likeness (QED) is 0.0429. The lowest BCUT2D eigenvalue weighted by Gasteiger charge is -2.40. The highest BCUT2D eigenvalue weighted by Crippen LogP contribution is 2.22. The minimum Gasteiger partial charge on any atom is -1.00 e. The number of nitrogens with zero attached hydrogens (tertiary/aromatic N) is 1. The summed E-state index contributed by atoms with van der Waals surface area (Å²) in [4.78, 5) is 0. The summed E-state index contributed by atoms with van der Waals surface area (Å²) < 4.78 is 1.49. The molecule has 0 aliphatic rings. The molecule has 0 aromatic carbocycles. The van der Waals surface area contributed by atoms with E-state index in [0.717, 1.165) is 0 Å². The van der Waals surface area contributed by atoms with Crippen molar-refractivity contribution < 1.29 is 21.5 Å². The number of hydrogen-bond acceptors (Lipinski definition) is 0. The Bertz CT molecular complexity index is 502. The zero-order valence-electron chi connectivity index (χ0n) is 35.2. The molecule has 0 aliphatic carbocycles. The molecule has 0 radical (unpaired) electrons. The average Bonchev–Trinajstić information content (AvgIpc) is 3.10. The lowest BCUT2D eigenvalue weighted by atomic mass is 10.0. The molecule has 0 rings (SSSR count). The van der Waals surface area contributed by atoms with Gasteiger partial charge in [0.1, 0.15) is 0 Å². The van der Waals surface area contributed by atoms with Crippen LogP contribution >= 0.6 is 0 Å². The molecule has 298 valence electrons. The Balaban J connectivity index is 0. The van der Waals surface area contributed by atoms with Crippen LogP contribution in [0.25, 0.3) is 0 Å². The van der Waals surface area contributed by atoms with E-state index >= 15 is 0 Å². The van der Waals surface area contributed by atoms with Crippen molar-refractivity contribution in [3.8, 4) is 0 Å². The highest BCUT2D eigenvalue weighted by atomic mass is 79.9. The summed E-state index contributed by atoms with van der Waals surface area (Å²) in [5, 5.41) is 0. The minimum absolute atomic E-state index is 0. The van der Waals surface area contributed by atoms with Crippen molar-refractivity contribution in [1.82, 2.24) is 0 Å². The zero-order chi connectivity index (χ0) is 34.9. The smallest absolute Gasteiger partial charge is 0.0786 e. The van der Waals surface area contributed by atoms with Crippen LogP contribution in [0.3, 0.4) is 0 Å².